The number of H-pyrrole nitrogens is 1. The number of hydrogen-bond acceptors (Lipinski definition) is 8. The Bertz CT molecular complexity index is 1260. The van der Waals surface area contributed by atoms with Crippen LogP contribution in [0.4, 0.5) is 32.3 Å². The first-order chi connectivity index (χ1) is 18.9. The molecular weight excluding hydrogens is 548 g/mol. The number of piperazine rings is 1. The molecular formula is C24H27F6N7O3. The number of halogens is 6. The van der Waals surface area contributed by atoms with Gasteiger partial charge in [0.15, 0.2) is 0 Å². The summed E-state index contributed by atoms with van der Waals surface area (Å²) in [4.78, 5) is 37.5. The Kier molecular flexibility index (Phi) is 7.74. The summed E-state index contributed by atoms with van der Waals surface area (Å²) in [6.07, 6.45) is -5.84. The highest BCUT2D eigenvalue weighted by Gasteiger charge is 2.40. The van der Waals surface area contributed by atoms with E-state index in [1.165, 1.54) is 0 Å². The molecule has 2 aromatic heterocycles. The molecule has 2 saturated heterocycles. The number of carbonyl (C=O) groups is 1. The van der Waals surface area contributed by atoms with Crippen molar-refractivity contribution >= 4 is 11.9 Å². The molecule has 2 atom stereocenters. The second-order valence-electron chi connectivity index (χ2n) is 10.3. The second kappa shape index (κ2) is 11.0. The van der Waals surface area contributed by atoms with Crippen molar-refractivity contribution in [2.75, 3.05) is 50.8 Å². The molecule has 3 aliphatic rings. The minimum absolute atomic E-state index is 0.00141. The molecule has 5 rings (SSSR count). The summed E-state index contributed by atoms with van der Waals surface area (Å²) in [5.74, 6) is 0.336. The van der Waals surface area contributed by atoms with Crippen molar-refractivity contribution in [3.05, 3.63) is 45.6 Å². The van der Waals surface area contributed by atoms with Gasteiger partial charge in [0.25, 0.3) is 5.56 Å². The zero-order valence-electron chi connectivity index (χ0n) is 21.2. The van der Waals surface area contributed by atoms with Gasteiger partial charge < -0.3 is 14.5 Å². The zero-order chi connectivity index (χ0) is 28.7. The van der Waals surface area contributed by atoms with E-state index in [2.05, 4.69) is 15.1 Å². The maximum Gasteiger partial charge on any atom is 0.421 e. The molecule has 10 nitrogen and oxygen atoms in total. The summed E-state index contributed by atoms with van der Waals surface area (Å²) in [7, 11) is 0. The lowest BCUT2D eigenvalue weighted by molar-refractivity contribution is -0.139. The number of alkyl halides is 6. The molecule has 0 bridgehead atoms. The number of aromatic amines is 1. The number of ether oxygens (including phenoxy) is 1. The minimum atomic E-state index is -4.86. The van der Waals surface area contributed by atoms with Gasteiger partial charge in [-0.05, 0) is 31.2 Å². The molecule has 1 amide bonds. The van der Waals surface area contributed by atoms with Crippen LogP contribution in [0.1, 0.15) is 42.1 Å². The monoisotopic (exact) mass is 575 g/mol. The average Bonchev–Trinajstić information content (AvgIpc) is 3.66. The van der Waals surface area contributed by atoms with Crippen LogP contribution in [0, 0.1) is 5.92 Å². The van der Waals surface area contributed by atoms with Crippen molar-refractivity contribution < 1.29 is 35.9 Å². The highest BCUT2D eigenvalue weighted by atomic mass is 19.4. The van der Waals surface area contributed by atoms with Crippen LogP contribution in [-0.4, -0.2) is 87.9 Å². The van der Waals surface area contributed by atoms with Crippen molar-refractivity contribution in [3.8, 4) is 0 Å². The second-order valence-corrected chi connectivity index (χ2v) is 10.3. The Morgan fingerprint density at radius 2 is 1.70 bits per heavy atom. The molecule has 40 heavy (non-hydrogen) atoms. The molecule has 218 valence electrons. The molecule has 1 N–H and O–H groups in total. The number of hydrogen-bond donors (Lipinski definition) is 1. The summed E-state index contributed by atoms with van der Waals surface area (Å²) < 4.78 is 84.4. The Hall–Kier alpha value is -3.27. The van der Waals surface area contributed by atoms with Gasteiger partial charge in [0.1, 0.15) is 5.56 Å². The molecule has 0 radical (unpaired) electrons. The van der Waals surface area contributed by atoms with Gasteiger partial charge in [0, 0.05) is 51.7 Å². The molecule has 0 aromatic carbocycles. The first kappa shape index (κ1) is 28.3. The van der Waals surface area contributed by atoms with Gasteiger partial charge in [-0.25, -0.2) is 15.1 Å². The highest BCUT2D eigenvalue weighted by Crippen LogP contribution is 2.36. The Balaban J connectivity index is 1.24. The number of aromatic nitrogens is 4. The van der Waals surface area contributed by atoms with E-state index in [-0.39, 0.29) is 43.3 Å². The van der Waals surface area contributed by atoms with Crippen LogP contribution < -0.4 is 10.5 Å². The van der Waals surface area contributed by atoms with E-state index in [1.807, 2.05) is 5.10 Å². The number of anilines is 1. The van der Waals surface area contributed by atoms with Crippen molar-refractivity contribution in [3.63, 3.8) is 0 Å². The smallest absolute Gasteiger partial charge is 0.377 e. The highest BCUT2D eigenvalue weighted by molar-refractivity contribution is 5.78. The first-order valence-corrected chi connectivity index (χ1v) is 12.8. The first-order valence-electron chi connectivity index (χ1n) is 12.8. The Morgan fingerprint density at radius 1 is 1.02 bits per heavy atom. The number of likely N-dealkylation sites (tertiary alicyclic amines) is 1. The van der Waals surface area contributed by atoms with E-state index in [1.54, 1.807) is 14.7 Å². The van der Waals surface area contributed by atoms with Crippen LogP contribution in [-0.2, 0) is 21.9 Å². The lowest BCUT2D eigenvalue weighted by Gasteiger charge is -2.36. The largest absolute Gasteiger partial charge is 0.421 e. The van der Waals surface area contributed by atoms with Gasteiger partial charge in [0.2, 0.25) is 11.9 Å². The van der Waals surface area contributed by atoms with Gasteiger partial charge in [0.05, 0.1) is 29.9 Å². The summed E-state index contributed by atoms with van der Waals surface area (Å²) in [6.45, 7) is 1.86. The number of rotatable bonds is 7. The average molecular weight is 576 g/mol. The maximum atomic E-state index is 13.4. The molecule has 0 spiro atoms. The van der Waals surface area contributed by atoms with Crippen LogP contribution in [0.15, 0.2) is 23.3 Å². The number of amides is 1. The normalized spacial score (nSPS) is 22.6. The molecule has 2 aromatic rings. The van der Waals surface area contributed by atoms with Crippen LogP contribution in [0.5, 0.6) is 0 Å². The van der Waals surface area contributed by atoms with Gasteiger partial charge in [-0.3, -0.25) is 14.5 Å². The van der Waals surface area contributed by atoms with E-state index in [4.69, 9.17) is 4.74 Å². The number of nitrogens with zero attached hydrogens (tertiary/aromatic N) is 6. The quantitative estimate of drug-likeness (QED) is 0.502. The fourth-order valence-corrected chi connectivity index (χ4v) is 4.88. The zero-order valence-corrected chi connectivity index (χ0v) is 21.2. The Labute approximate surface area is 224 Å². The van der Waals surface area contributed by atoms with Crippen LogP contribution >= 0.6 is 0 Å². The molecule has 3 fully saturated rings. The van der Waals surface area contributed by atoms with E-state index in [9.17, 15) is 35.9 Å². The lowest BCUT2D eigenvalue weighted by Crippen LogP contribution is -2.51. The predicted octanol–water partition coefficient (Wildman–Crippen LogP) is 2.49. The molecule has 2 unspecified atom stereocenters. The van der Waals surface area contributed by atoms with Gasteiger partial charge in [-0.2, -0.15) is 31.4 Å². The van der Waals surface area contributed by atoms with E-state index >= 15 is 0 Å². The SMILES string of the molecule is O=C(CN1CC(OCC2CC2)CC1c1cc(C(F)(F)F)c(=O)[nH]n1)N1CCN(c2ncc(C(F)(F)F)cn2)CC1. The summed E-state index contributed by atoms with van der Waals surface area (Å²) in [5, 5.41) is 5.79. The summed E-state index contributed by atoms with van der Waals surface area (Å²) in [5.41, 5.74) is -3.65. The third-order valence-corrected chi connectivity index (χ3v) is 7.32. The van der Waals surface area contributed by atoms with E-state index in [0.29, 0.717) is 51.0 Å². The molecule has 2 aliphatic heterocycles. The van der Waals surface area contributed by atoms with Crippen LogP contribution in [0.25, 0.3) is 0 Å². The van der Waals surface area contributed by atoms with Crippen molar-refractivity contribution in [2.45, 2.75) is 43.8 Å². The van der Waals surface area contributed by atoms with Crippen LogP contribution in [0.2, 0.25) is 0 Å². The standard InChI is InChI=1S/C24H27F6N7O3/c25-23(26,27)15-9-31-22(32-10-15)36-5-3-35(4-6-36)20(38)12-37-11-16(40-13-14-1-2-14)7-19(37)18-8-17(24(28,29)30)21(39)34-33-18/h8-10,14,16,19H,1-7,11-13H2,(H,34,39). The summed E-state index contributed by atoms with van der Waals surface area (Å²) in [6, 6.07) is 0.0560. The van der Waals surface area contributed by atoms with E-state index in [0.717, 1.165) is 18.9 Å². The van der Waals surface area contributed by atoms with E-state index < -0.39 is 35.1 Å². The third kappa shape index (κ3) is 6.54. The van der Waals surface area contributed by atoms with Gasteiger partial charge >= 0.3 is 12.4 Å². The van der Waals surface area contributed by atoms with Crippen molar-refractivity contribution in [2.24, 2.45) is 5.92 Å². The number of carbonyl (C=O) groups excluding carboxylic acids is 1. The van der Waals surface area contributed by atoms with Gasteiger partial charge in [-0.1, -0.05) is 0 Å². The molecule has 1 aliphatic carbocycles. The molecule has 16 heteroatoms. The maximum absolute atomic E-state index is 13.4. The molecule has 4 heterocycles. The topological polar surface area (TPSA) is 108 Å². The fraction of sp³-hybridized carbons (Fsp3) is 0.625. The Morgan fingerprint density at radius 3 is 2.30 bits per heavy atom. The van der Waals surface area contributed by atoms with Crippen molar-refractivity contribution in [1.29, 1.82) is 0 Å². The van der Waals surface area contributed by atoms with Gasteiger partial charge in [-0.15, -0.1) is 0 Å². The molecule has 1 saturated carbocycles. The number of nitrogens with one attached hydrogen (secondary N) is 1. The predicted molar refractivity (Wildman–Crippen MR) is 127 cm³/mol. The fourth-order valence-electron chi connectivity index (χ4n) is 4.88. The van der Waals surface area contributed by atoms with Crippen LogP contribution in [0.3, 0.4) is 0 Å². The summed E-state index contributed by atoms with van der Waals surface area (Å²) >= 11 is 0. The minimum Gasteiger partial charge on any atom is -0.377 e. The van der Waals surface area contributed by atoms with Crippen molar-refractivity contribution in [1.82, 2.24) is 30.0 Å². The lowest BCUT2D eigenvalue weighted by atomic mass is 10.1. The third-order valence-electron chi connectivity index (χ3n) is 7.32.